The Morgan fingerprint density at radius 1 is 0.943 bits per heavy atom. The van der Waals surface area contributed by atoms with E-state index >= 15 is 0 Å². The van der Waals surface area contributed by atoms with Crippen LogP contribution in [0.5, 0.6) is 0 Å². The number of aromatic nitrogens is 2. The number of anilines is 1. The minimum absolute atomic E-state index is 0.0651. The SMILES string of the molecule is Cc1nc(-c2ccc(C(=O)N3CCCC3C(=O)N3CCN(c4cccc(C)c4C)CC3)cc2)no1. The lowest BCUT2D eigenvalue weighted by atomic mass is 10.1. The molecule has 2 amide bonds. The van der Waals surface area contributed by atoms with Crippen molar-refractivity contribution in [2.24, 2.45) is 0 Å². The van der Waals surface area contributed by atoms with Crippen molar-refractivity contribution >= 4 is 17.5 Å². The molecule has 2 aliphatic rings. The second kappa shape index (κ2) is 9.52. The van der Waals surface area contributed by atoms with Gasteiger partial charge in [0.1, 0.15) is 6.04 Å². The molecule has 1 atom stereocenters. The highest BCUT2D eigenvalue weighted by Crippen LogP contribution is 2.26. The first kappa shape index (κ1) is 23.1. The normalized spacial score (nSPS) is 18.3. The monoisotopic (exact) mass is 473 g/mol. The maximum absolute atomic E-state index is 13.4. The van der Waals surface area contributed by atoms with Crippen LogP contribution in [-0.4, -0.2) is 70.5 Å². The molecule has 0 aliphatic carbocycles. The molecule has 0 radical (unpaired) electrons. The number of carbonyl (C=O) groups excluding carboxylic acids is 2. The summed E-state index contributed by atoms with van der Waals surface area (Å²) in [7, 11) is 0. The van der Waals surface area contributed by atoms with Gasteiger partial charge in [-0.2, -0.15) is 4.98 Å². The van der Waals surface area contributed by atoms with Crippen molar-refractivity contribution in [2.45, 2.75) is 39.7 Å². The van der Waals surface area contributed by atoms with Crippen molar-refractivity contribution in [1.82, 2.24) is 19.9 Å². The highest BCUT2D eigenvalue weighted by molar-refractivity contribution is 5.98. The van der Waals surface area contributed by atoms with E-state index in [9.17, 15) is 9.59 Å². The van der Waals surface area contributed by atoms with Gasteiger partial charge in [-0.15, -0.1) is 0 Å². The molecule has 2 aromatic carbocycles. The van der Waals surface area contributed by atoms with Gasteiger partial charge in [-0.1, -0.05) is 29.4 Å². The number of piperazine rings is 1. The Balaban J connectivity index is 1.23. The molecule has 1 aromatic heterocycles. The number of nitrogens with zero attached hydrogens (tertiary/aromatic N) is 5. The molecule has 8 nitrogen and oxygen atoms in total. The summed E-state index contributed by atoms with van der Waals surface area (Å²) in [5.41, 5.74) is 5.17. The fraction of sp³-hybridized carbons (Fsp3) is 0.407. The molecule has 5 rings (SSSR count). The van der Waals surface area contributed by atoms with Gasteiger partial charge in [-0.05, 0) is 56.0 Å². The van der Waals surface area contributed by atoms with Gasteiger partial charge in [0.05, 0.1) is 0 Å². The lowest BCUT2D eigenvalue weighted by Crippen LogP contribution is -2.54. The Bertz CT molecular complexity index is 1230. The number of rotatable bonds is 4. The summed E-state index contributed by atoms with van der Waals surface area (Å²) in [6.45, 7) is 9.56. The van der Waals surface area contributed by atoms with Gasteiger partial charge in [-0.3, -0.25) is 9.59 Å². The average Bonchev–Trinajstić information content (AvgIpc) is 3.54. The molecular formula is C27H31N5O3. The van der Waals surface area contributed by atoms with E-state index in [0.717, 1.165) is 25.1 Å². The zero-order valence-electron chi connectivity index (χ0n) is 20.5. The first-order chi connectivity index (χ1) is 16.9. The van der Waals surface area contributed by atoms with Gasteiger partial charge in [0, 0.05) is 56.5 Å². The minimum atomic E-state index is -0.394. The van der Waals surface area contributed by atoms with Crippen LogP contribution in [0.3, 0.4) is 0 Å². The second-order valence-corrected chi connectivity index (χ2v) is 9.40. The third kappa shape index (κ3) is 4.52. The zero-order chi connectivity index (χ0) is 24.5. The summed E-state index contributed by atoms with van der Waals surface area (Å²) in [5.74, 6) is 0.949. The van der Waals surface area contributed by atoms with E-state index in [1.54, 1.807) is 24.0 Å². The molecule has 0 N–H and O–H groups in total. The van der Waals surface area contributed by atoms with Crippen LogP contribution < -0.4 is 4.90 Å². The molecule has 35 heavy (non-hydrogen) atoms. The van der Waals surface area contributed by atoms with Gasteiger partial charge < -0.3 is 19.2 Å². The molecule has 2 aliphatic heterocycles. The van der Waals surface area contributed by atoms with E-state index in [0.29, 0.717) is 43.3 Å². The number of aryl methyl sites for hydroxylation is 2. The quantitative estimate of drug-likeness (QED) is 0.576. The van der Waals surface area contributed by atoms with Crippen LogP contribution in [0.25, 0.3) is 11.4 Å². The molecule has 2 fully saturated rings. The molecule has 182 valence electrons. The van der Waals surface area contributed by atoms with Crippen molar-refractivity contribution in [3.8, 4) is 11.4 Å². The fourth-order valence-corrected chi connectivity index (χ4v) is 5.07. The Morgan fingerprint density at radius 3 is 2.37 bits per heavy atom. The topological polar surface area (TPSA) is 82.8 Å². The third-order valence-corrected chi connectivity index (χ3v) is 7.22. The van der Waals surface area contributed by atoms with Gasteiger partial charge >= 0.3 is 0 Å². The number of hydrogen-bond donors (Lipinski definition) is 0. The van der Waals surface area contributed by atoms with E-state index in [4.69, 9.17) is 4.52 Å². The van der Waals surface area contributed by atoms with Crippen LogP contribution in [0, 0.1) is 20.8 Å². The third-order valence-electron chi connectivity index (χ3n) is 7.22. The maximum atomic E-state index is 13.4. The van der Waals surface area contributed by atoms with E-state index in [1.807, 2.05) is 17.0 Å². The van der Waals surface area contributed by atoms with Gasteiger partial charge in [-0.25, -0.2) is 0 Å². The molecule has 3 heterocycles. The molecular weight excluding hydrogens is 442 g/mol. The summed E-state index contributed by atoms with van der Waals surface area (Å²) in [5, 5.41) is 3.92. The molecule has 2 saturated heterocycles. The predicted molar refractivity (Wildman–Crippen MR) is 133 cm³/mol. The summed E-state index contributed by atoms with van der Waals surface area (Å²) >= 11 is 0. The van der Waals surface area contributed by atoms with Crippen molar-refractivity contribution in [3.63, 3.8) is 0 Å². The number of hydrogen-bond acceptors (Lipinski definition) is 6. The molecule has 0 spiro atoms. The fourth-order valence-electron chi connectivity index (χ4n) is 5.07. The molecule has 0 bridgehead atoms. The highest BCUT2D eigenvalue weighted by atomic mass is 16.5. The summed E-state index contributed by atoms with van der Waals surface area (Å²) in [6, 6.07) is 13.2. The van der Waals surface area contributed by atoms with Crippen molar-refractivity contribution < 1.29 is 14.1 Å². The van der Waals surface area contributed by atoms with Crippen molar-refractivity contribution in [2.75, 3.05) is 37.6 Å². The largest absolute Gasteiger partial charge is 0.368 e. The van der Waals surface area contributed by atoms with Crippen LogP contribution in [0.15, 0.2) is 47.0 Å². The van der Waals surface area contributed by atoms with Crippen LogP contribution in [0.1, 0.15) is 40.2 Å². The number of likely N-dealkylation sites (tertiary alicyclic amines) is 1. The minimum Gasteiger partial charge on any atom is -0.368 e. The Labute approximate surface area is 205 Å². The van der Waals surface area contributed by atoms with Crippen LogP contribution >= 0.6 is 0 Å². The summed E-state index contributed by atoms with van der Waals surface area (Å²) in [4.78, 5) is 37.0. The first-order valence-corrected chi connectivity index (χ1v) is 12.2. The number of carbonyl (C=O) groups is 2. The Hall–Kier alpha value is -3.68. The first-order valence-electron chi connectivity index (χ1n) is 12.2. The van der Waals surface area contributed by atoms with E-state index in [-0.39, 0.29) is 11.8 Å². The Kier molecular flexibility index (Phi) is 6.28. The molecule has 8 heteroatoms. The van der Waals surface area contributed by atoms with E-state index in [2.05, 4.69) is 47.1 Å². The highest BCUT2D eigenvalue weighted by Gasteiger charge is 2.37. The Morgan fingerprint density at radius 2 is 1.69 bits per heavy atom. The lowest BCUT2D eigenvalue weighted by Gasteiger charge is -2.39. The number of benzene rings is 2. The molecule has 1 unspecified atom stereocenters. The molecule has 0 saturated carbocycles. The van der Waals surface area contributed by atoms with Crippen LogP contribution in [-0.2, 0) is 4.79 Å². The van der Waals surface area contributed by atoms with Crippen molar-refractivity contribution in [3.05, 3.63) is 65.0 Å². The van der Waals surface area contributed by atoms with Crippen LogP contribution in [0.2, 0.25) is 0 Å². The van der Waals surface area contributed by atoms with E-state index < -0.39 is 6.04 Å². The van der Waals surface area contributed by atoms with Gasteiger partial charge in [0.25, 0.3) is 5.91 Å². The zero-order valence-corrected chi connectivity index (χ0v) is 20.5. The lowest BCUT2D eigenvalue weighted by molar-refractivity contribution is -0.135. The standard InChI is InChI=1S/C27H31N5O3/c1-18-6-4-7-23(19(18)2)30-14-16-31(17-15-30)27(34)24-8-5-13-32(24)26(33)22-11-9-21(10-12-22)25-28-20(3)35-29-25/h4,6-7,9-12,24H,5,8,13-17H2,1-3H3. The summed E-state index contributed by atoms with van der Waals surface area (Å²) < 4.78 is 5.04. The van der Waals surface area contributed by atoms with E-state index in [1.165, 1.54) is 16.8 Å². The van der Waals surface area contributed by atoms with Gasteiger partial charge in [0.2, 0.25) is 17.6 Å². The smallest absolute Gasteiger partial charge is 0.254 e. The van der Waals surface area contributed by atoms with Crippen molar-refractivity contribution in [1.29, 1.82) is 0 Å². The second-order valence-electron chi connectivity index (χ2n) is 9.40. The number of amides is 2. The average molecular weight is 474 g/mol. The predicted octanol–water partition coefficient (Wildman–Crippen LogP) is 3.62. The van der Waals surface area contributed by atoms with Gasteiger partial charge in [0.15, 0.2) is 0 Å². The summed E-state index contributed by atoms with van der Waals surface area (Å²) in [6.07, 6.45) is 1.55. The molecule has 3 aromatic rings. The maximum Gasteiger partial charge on any atom is 0.254 e. The van der Waals surface area contributed by atoms with Crippen LogP contribution in [0.4, 0.5) is 5.69 Å².